The van der Waals surface area contributed by atoms with Crippen molar-refractivity contribution >= 4 is 17.1 Å². The van der Waals surface area contributed by atoms with Gasteiger partial charge in [-0.2, -0.15) is 4.98 Å². The molecule has 0 fully saturated rings. The SMILES string of the molecule is CCN(CC)c1nc2c(c(=O)n(C)c(=O)n2C)n1C[C@@H](O)COc1ccccc1. The summed E-state index contributed by atoms with van der Waals surface area (Å²) < 4.78 is 9.74. The molecule has 2 heterocycles. The number of nitrogens with zero attached hydrogens (tertiary/aromatic N) is 5. The van der Waals surface area contributed by atoms with Gasteiger partial charge in [0, 0.05) is 27.2 Å². The molecule has 0 saturated heterocycles. The lowest BCUT2D eigenvalue weighted by atomic mass is 10.3. The molecule has 9 heteroatoms. The first-order valence-corrected chi connectivity index (χ1v) is 9.66. The summed E-state index contributed by atoms with van der Waals surface area (Å²) in [4.78, 5) is 31.7. The number of fused-ring (bicyclic) bond motifs is 1. The van der Waals surface area contributed by atoms with E-state index in [1.165, 1.54) is 11.6 Å². The Morgan fingerprint density at radius 3 is 2.38 bits per heavy atom. The summed E-state index contributed by atoms with van der Waals surface area (Å²) in [7, 11) is 3.02. The first kappa shape index (κ1) is 20.7. The van der Waals surface area contributed by atoms with Gasteiger partial charge in [-0.1, -0.05) is 18.2 Å². The zero-order chi connectivity index (χ0) is 21.1. The van der Waals surface area contributed by atoms with Crippen LogP contribution in [0.2, 0.25) is 0 Å². The molecule has 3 rings (SSSR count). The first-order chi connectivity index (χ1) is 13.9. The third-order valence-corrected chi connectivity index (χ3v) is 4.95. The van der Waals surface area contributed by atoms with E-state index >= 15 is 0 Å². The van der Waals surface area contributed by atoms with Crippen LogP contribution in [-0.2, 0) is 20.6 Å². The number of benzene rings is 1. The quantitative estimate of drug-likeness (QED) is 0.598. The van der Waals surface area contributed by atoms with Crippen molar-refractivity contribution in [2.24, 2.45) is 14.1 Å². The molecule has 0 bridgehead atoms. The van der Waals surface area contributed by atoms with Crippen molar-refractivity contribution < 1.29 is 9.84 Å². The summed E-state index contributed by atoms with van der Waals surface area (Å²) in [6.07, 6.45) is -0.871. The highest BCUT2D eigenvalue weighted by molar-refractivity contribution is 5.74. The summed E-state index contributed by atoms with van der Waals surface area (Å²) in [5.41, 5.74) is -0.289. The normalized spacial score (nSPS) is 12.3. The maximum atomic E-state index is 12.9. The van der Waals surface area contributed by atoms with Crippen LogP contribution >= 0.6 is 0 Å². The fourth-order valence-corrected chi connectivity index (χ4v) is 3.33. The molecule has 3 aromatic rings. The number of aromatic nitrogens is 4. The molecule has 0 unspecified atom stereocenters. The van der Waals surface area contributed by atoms with Crippen LogP contribution in [0.3, 0.4) is 0 Å². The van der Waals surface area contributed by atoms with Crippen molar-refractivity contribution in [3.63, 3.8) is 0 Å². The molecular formula is C20H27N5O4. The highest BCUT2D eigenvalue weighted by Crippen LogP contribution is 2.20. The van der Waals surface area contributed by atoms with Crippen molar-refractivity contribution in [1.82, 2.24) is 18.7 Å². The van der Waals surface area contributed by atoms with Crippen LogP contribution in [0.15, 0.2) is 39.9 Å². The Morgan fingerprint density at radius 1 is 1.10 bits per heavy atom. The minimum Gasteiger partial charge on any atom is -0.491 e. The molecule has 0 aliphatic carbocycles. The Balaban J connectivity index is 2.03. The van der Waals surface area contributed by atoms with E-state index in [4.69, 9.17) is 4.74 Å². The van der Waals surface area contributed by atoms with Gasteiger partial charge in [0.25, 0.3) is 5.56 Å². The maximum absolute atomic E-state index is 12.9. The molecule has 1 atom stereocenters. The molecule has 0 radical (unpaired) electrons. The van der Waals surface area contributed by atoms with Crippen LogP contribution in [0.1, 0.15) is 13.8 Å². The molecule has 29 heavy (non-hydrogen) atoms. The molecule has 1 N–H and O–H groups in total. The topological polar surface area (TPSA) is 94.5 Å². The van der Waals surface area contributed by atoms with Gasteiger partial charge in [-0.25, -0.2) is 4.79 Å². The Labute approximate surface area is 168 Å². The Kier molecular flexibility index (Phi) is 6.07. The van der Waals surface area contributed by atoms with E-state index in [-0.39, 0.29) is 18.7 Å². The lowest BCUT2D eigenvalue weighted by Gasteiger charge is -2.22. The summed E-state index contributed by atoms with van der Waals surface area (Å²) >= 11 is 0. The van der Waals surface area contributed by atoms with E-state index in [0.717, 1.165) is 4.57 Å². The van der Waals surface area contributed by atoms with Gasteiger partial charge in [0.05, 0.1) is 6.54 Å². The van der Waals surface area contributed by atoms with Gasteiger partial charge in [0.15, 0.2) is 11.2 Å². The average molecular weight is 401 g/mol. The number of aliphatic hydroxyl groups is 1. The van der Waals surface area contributed by atoms with Crippen molar-refractivity contribution in [3.05, 3.63) is 51.2 Å². The van der Waals surface area contributed by atoms with Gasteiger partial charge < -0.3 is 19.3 Å². The van der Waals surface area contributed by atoms with Gasteiger partial charge in [0.2, 0.25) is 5.95 Å². The van der Waals surface area contributed by atoms with E-state index in [1.54, 1.807) is 11.6 Å². The molecule has 0 saturated carbocycles. The largest absolute Gasteiger partial charge is 0.491 e. The number of hydrogen-bond donors (Lipinski definition) is 1. The molecular weight excluding hydrogens is 374 g/mol. The van der Waals surface area contributed by atoms with Gasteiger partial charge >= 0.3 is 5.69 Å². The lowest BCUT2D eigenvalue weighted by molar-refractivity contribution is 0.0936. The maximum Gasteiger partial charge on any atom is 0.332 e. The molecule has 0 amide bonds. The number of aryl methyl sites for hydroxylation is 1. The number of rotatable bonds is 8. The predicted molar refractivity (Wildman–Crippen MR) is 112 cm³/mol. The van der Waals surface area contributed by atoms with Crippen LogP contribution in [0.25, 0.3) is 11.2 Å². The van der Waals surface area contributed by atoms with Crippen LogP contribution in [-0.4, -0.2) is 49.6 Å². The fraction of sp³-hybridized carbons (Fsp3) is 0.450. The molecule has 9 nitrogen and oxygen atoms in total. The molecule has 1 aromatic carbocycles. The zero-order valence-electron chi connectivity index (χ0n) is 17.2. The fourth-order valence-electron chi connectivity index (χ4n) is 3.33. The van der Waals surface area contributed by atoms with E-state index < -0.39 is 17.4 Å². The number of imidazole rings is 1. The highest BCUT2D eigenvalue weighted by atomic mass is 16.5. The van der Waals surface area contributed by atoms with E-state index in [2.05, 4.69) is 4.98 Å². The third kappa shape index (κ3) is 3.91. The zero-order valence-corrected chi connectivity index (χ0v) is 17.2. The number of ether oxygens (including phenoxy) is 1. The van der Waals surface area contributed by atoms with Crippen molar-refractivity contribution in [3.8, 4) is 5.75 Å². The minimum absolute atomic E-state index is 0.0630. The van der Waals surface area contributed by atoms with Gasteiger partial charge in [-0.3, -0.25) is 13.9 Å². The molecule has 156 valence electrons. The molecule has 0 aliphatic heterocycles. The van der Waals surface area contributed by atoms with Crippen LogP contribution < -0.4 is 20.9 Å². The van der Waals surface area contributed by atoms with E-state index in [9.17, 15) is 14.7 Å². The molecule has 2 aromatic heterocycles. The second-order valence-corrected chi connectivity index (χ2v) is 6.85. The molecule has 0 aliphatic rings. The Bertz CT molecular complexity index is 1100. The van der Waals surface area contributed by atoms with Crippen molar-refractivity contribution in [1.29, 1.82) is 0 Å². The van der Waals surface area contributed by atoms with Gasteiger partial charge in [0.1, 0.15) is 18.5 Å². The Morgan fingerprint density at radius 2 is 1.76 bits per heavy atom. The second kappa shape index (κ2) is 8.52. The minimum atomic E-state index is -0.871. The first-order valence-electron chi connectivity index (χ1n) is 9.66. The highest BCUT2D eigenvalue weighted by Gasteiger charge is 2.23. The Hall–Kier alpha value is -3.07. The van der Waals surface area contributed by atoms with Gasteiger partial charge in [-0.15, -0.1) is 0 Å². The van der Waals surface area contributed by atoms with Crippen LogP contribution in [0.5, 0.6) is 5.75 Å². The van der Waals surface area contributed by atoms with Crippen LogP contribution in [0.4, 0.5) is 5.95 Å². The summed E-state index contributed by atoms with van der Waals surface area (Å²) in [5, 5.41) is 10.6. The summed E-state index contributed by atoms with van der Waals surface area (Å²) in [6, 6.07) is 9.22. The van der Waals surface area contributed by atoms with Crippen molar-refractivity contribution in [2.45, 2.75) is 26.5 Å². The number of aliphatic hydroxyl groups excluding tert-OH is 1. The smallest absolute Gasteiger partial charge is 0.332 e. The second-order valence-electron chi connectivity index (χ2n) is 6.85. The monoisotopic (exact) mass is 401 g/mol. The molecule has 0 spiro atoms. The number of anilines is 1. The van der Waals surface area contributed by atoms with Crippen LogP contribution in [0, 0.1) is 0 Å². The van der Waals surface area contributed by atoms with Crippen molar-refractivity contribution in [2.75, 3.05) is 24.6 Å². The summed E-state index contributed by atoms with van der Waals surface area (Å²) in [5.74, 6) is 1.20. The predicted octanol–water partition coefficient (Wildman–Crippen LogP) is 0.720. The van der Waals surface area contributed by atoms with Gasteiger partial charge in [-0.05, 0) is 26.0 Å². The van der Waals surface area contributed by atoms with E-state index in [1.807, 2.05) is 49.1 Å². The summed E-state index contributed by atoms with van der Waals surface area (Å²) in [6.45, 7) is 5.49. The standard InChI is InChI=1S/C20H27N5O4/c1-5-24(6-2)19-21-17-16(18(27)23(4)20(28)22(17)3)25(19)12-14(26)13-29-15-10-8-7-9-11-15/h7-11,14,26H,5-6,12-13H2,1-4H3/t14-/m1/s1. The average Bonchev–Trinajstić information content (AvgIpc) is 3.10. The lowest BCUT2D eigenvalue weighted by Crippen LogP contribution is -2.38. The number of para-hydroxylation sites is 1. The third-order valence-electron chi connectivity index (χ3n) is 4.95. The number of hydrogen-bond acceptors (Lipinski definition) is 6. The van der Waals surface area contributed by atoms with E-state index in [0.29, 0.717) is 30.4 Å².